The average Bonchev–Trinajstić information content (AvgIpc) is 2.69. The Kier molecular flexibility index (Phi) is 4.45. The van der Waals surface area contributed by atoms with E-state index in [-0.39, 0.29) is 5.54 Å². The van der Waals surface area contributed by atoms with E-state index >= 15 is 0 Å². The molecule has 0 radical (unpaired) electrons. The maximum atomic E-state index is 6.74. The van der Waals surface area contributed by atoms with Gasteiger partial charge in [-0.15, -0.1) is 0 Å². The van der Waals surface area contributed by atoms with Crippen molar-refractivity contribution in [2.24, 2.45) is 11.7 Å². The molecule has 18 heavy (non-hydrogen) atoms. The van der Waals surface area contributed by atoms with Gasteiger partial charge in [0.2, 0.25) is 0 Å². The van der Waals surface area contributed by atoms with Gasteiger partial charge in [0.1, 0.15) is 0 Å². The quantitative estimate of drug-likeness (QED) is 0.712. The van der Waals surface area contributed by atoms with Gasteiger partial charge in [-0.1, -0.05) is 63.8 Å². The Labute approximate surface area is 112 Å². The van der Waals surface area contributed by atoms with Crippen molar-refractivity contribution < 1.29 is 0 Å². The summed E-state index contributed by atoms with van der Waals surface area (Å²) in [5.41, 5.74) is 9.57. The third kappa shape index (κ3) is 3.14. The monoisotopic (exact) mass is 245 g/mol. The molecule has 1 fully saturated rings. The van der Waals surface area contributed by atoms with Crippen LogP contribution in [0.3, 0.4) is 0 Å². The summed E-state index contributed by atoms with van der Waals surface area (Å²) < 4.78 is 0. The molecule has 100 valence electrons. The van der Waals surface area contributed by atoms with E-state index in [1.165, 1.54) is 36.8 Å². The lowest BCUT2D eigenvalue weighted by atomic mass is 9.80. The maximum Gasteiger partial charge on any atom is 0.0375 e. The second kappa shape index (κ2) is 5.88. The Morgan fingerprint density at radius 1 is 1.11 bits per heavy atom. The molecule has 0 atom stereocenters. The first-order chi connectivity index (χ1) is 8.62. The summed E-state index contributed by atoms with van der Waals surface area (Å²) in [5.74, 6) is 0.581. The molecule has 0 aromatic rings. The first-order valence-corrected chi connectivity index (χ1v) is 7.48. The first-order valence-electron chi connectivity index (χ1n) is 7.48. The molecular formula is C17H27N. The van der Waals surface area contributed by atoms with Crippen molar-refractivity contribution in [2.45, 2.75) is 64.3 Å². The summed E-state index contributed by atoms with van der Waals surface area (Å²) in [6.45, 7) is 4.52. The third-order valence-electron chi connectivity index (χ3n) is 4.41. The fourth-order valence-electron chi connectivity index (χ4n) is 3.07. The van der Waals surface area contributed by atoms with E-state index < -0.39 is 0 Å². The smallest absolute Gasteiger partial charge is 0.0375 e. The van der Waals surface area contributed by atoms with Crippen LogP contribution < -0.4 is 5.73 Å². The fraction of sp³-hybridized carbons (Fsp3) is 0.647. The molecule has 0 unspecified atom stereocenters. The van der Waals surface area contributed by atoms with Crippen LogP contribution in [0, 0.1) is 5.92 Å². The summed E-state index contributed by atoms with van der Waals surface area (Å²) in [6.07, 6.45) is 17.7. The molecule has 2 aliphatic carbocycles. The summed E-state index contributed by atoms with van der Waals surface area (Å²) in [6, 6.07) is 0. The minimum atomic E-state index is -0.0425. The second-order valence-corrected chi connectivity index (χ2v) is 6.19. The lowest BCUT2D eigenvalue weighted by molar-refractivity contribution is 0.428. The third-order valence-corrected chi connectivity index (χ3v) is 4.41. The molecule has 0 bridgehead atoms. The van der Waals surface area contributed by atoms with Gasteiger partial charge in [0.15, 0.2) is 0 Å². The predicted octanol–water partition coefficient (Wildman–Crippen LogP) is 4.51. The minimum absolute atomic E-state index is 0.0425. The SMILES string of the molecule is CC(C)C1=CC=CCC(C2(N)CCCCCC2)=C1. The van der Waals surface area contributed by atoms with E-state index in [0.717, 1.165) is 19.3 Å². The number of nitrogens with two attached hydrogens (primary N) is 1. The standard InChI is InChI=1S/C17H27N/c1-14(2)15-9-5-6-10-16(13-15)17(18)11-7-3-4-8-12-17/h5-6,9,13-14H,3-4,7-8,10-12,18H2,1-2H3. The molecular weight excluding hydrogens is 218 g/mol. The van der Waals surface area contributed by atoms with Gasteiger partial charge in [-0.2, -0.15) is 0 Å². The van der Waals surface area contributed by atoms with Crippen LogP contribution in [0.25, 0.3) is 0 Å². The topological polar surface area (TPSA) is 26.0 Å². The normalized spacial score (nSPS) is 24.2. The molecule has 2 rings (SSSR count). The van der Waals surface area contributed by atoms with Crippen molar-refractivity contribution >= 4 is 0 Å². The Balaban J connectivity index is 2.25. The molecule has 0 aromatic heterocycles. The van der Waals surface area contributed by atoms with Crippen LogP contribution in [0.5, 0.6) is 0 Å². The highest BCUT2D eigenvalue weighted by Crippen LogP contribution is 2.35. The Hall–Kier alpha value is -0.820. The zero-order valence-electron chi connectivity index (χ0n) is 11.9. The zero-order chi connectivity index (χ0) is 13.0. The Morgan fingerprint density at radius 2 is 1.78 bits per heavy atom. The minimum Gasteiger partial charge on any atom is -0.322 e. The molecule has 1 saturated carbocycles. The van der Waals surface area contributed by atoms with Gasteiger partial charge in [-0.3, -0.25) is 0 Å². The highest BCUT2D eigenvalue weighted by molar-refractivity contribution is 5.37. The molecule has 1 heteroatoms. The molecule has 1 nitrogen and oxygen atoms in total. The number of hydrogen-bond acceptors (Lipinski definition) is 1. The largest absolute Gasteiger partial charge is 0.322 e. The van der Waals surface area contributed by atoms with Gasteiger partial charge in [0.05, 0.1) is 0 Å². The summed E-state index contributed by atoms with van der Waals surface area (Å²) in [7, 11) is 0. The fourth-order valence-corrected chi connectivity index (χ4v) is 3.07. The molecule has 0 saturated heterocycles. The molecule has 0 aromatic carbocycles. The second-order valence-electron chi connectivity index (χ2n) is 6.19. The summed E-state index contributed by atoms with van der Waals surface area (Å²) in [4.78, 5) is 0. The van der Waals surface area contributed by atoms with Crippen molar-refractivity contribution in [3.05, 3.63) is 35.5 Å². The van der Waals surface area contributed by atoms with E-state index in [1.807, 2.05) is 0 Å². The van der Waals surface area contributed by atoms with Gasteiger partial charge in [0, 0.05) is 5.54 Å². The maximum absolute atomic E-state index is 6.74. The zero-order valence-corrected chi connectivity index (χ0v) is 11.9. The molecule has 0 aliphatic heterocycles. The van der Waals surface area contributed by atoms with Crippen molar-refractivity contribution in [1.29, 1.82) is 0 Å². The van der Waals surface area contributed by atoms with E-state index in [9.17, 15) is 0 Å². The number of rotatable bonds is 2. The molecule has 0 heterocycles. The molecule has 2 N–H and O–H groups in total. The van der Waals surface area contributed by atoms with Gasteiger partial charge >= 0.3 is 0 Å². The van der Waals surface area contributed by atoms with Crippen molar-refractivity contribution in [3.8, 4) is 0 Å². The first kappa shape index (κ1) is 13.6. The summed E-state index contributed by atoms with van der Waals surface area (Å²) in [5, 5.41) is 0. The van der Waals surface area contributed by atoms with Gasteiger partial charge < -0.3 is 5.73 Å². The lowest BCUT2D eigenvalue weighted by Gasteiger charge is -2.31. The van der Waals surface area contributed by atoms with Crippen LogP contribution in [-0.4, -0.2) is 5.54 Å². The van der Waals surface area contributed by atoms with Gasteiger partial charge in [-0.25, -0.2) is 0 Å². The van der Waals surface area contributed by atoms with Gasteiger partial charge in [0.25, 0.3) is 0 Å². The van der Waals surface area contributed by atoms with E-state index in [1.54, 1.807) is 0 Å². The average molecular weight is 245 g/mol. The lowest BCUT2D eigenvalue weighted by Crippen LogP contribution is -2.41. The van der Waals surface area contributed by atoms with Crippen molar-refractivity contribution in [3.63, 3.8) is 0 Å². The van der Waals surface area contributed by atoms with Crippen molar-refractivity contribution in [2.75, 3.05) is 0 Å². The van der Waals surface area contributed by atoms with Crippen LogP contribution in [0.15, 0.2) is 35.5 Å². The van der Waals surface area contributed by atoms with Crippen LogP contribution in [-0.2, 0) is 0 Å². The summed E-state index contributed by atoms with van der Waals surface area (Å²) >= 11 is 0. The Bertz CT molecular complexity index is 363. The molecule has 0 spiro atoms. The number of allylic oxidation sites excluding steroid dienone is 5. The highest BCUT2D eigenvalue weighted by atomic mass is 14.7. The van der Waals surface area contributed by atoms with Crippen LogP contribution >= 0.6 is 0 Å². The Morgan fingerprint density at radius 3 is 2.39 bits per heavy atom. The van der Waals surface area contributed by atoms with Crippen LogP contribution in [0.1, 0.15) is 58.8 Å². The van der Waals surface area contributed by atoms with E-state index in [2.05, 4.69) is 38.2 Å². The predicted molar refractivity (Wildman–Crippen MR) is 79.4 cm³/mol. The van der Waals surface area contributed by atoms with E-state index in [4.69, 9.17) is 5.73 Å². The van der Waals surface area contributed by atoms with Crippen molar-refractivity contribution in [1.82, 2.24) is 0 Å². The number of hydrogen-bond donors (Lipinski definition) is 1. The van der Waals surface area contributed by atoms with Gasteiger partial charge in [-0.05, 0) is 36.3 Å². The van der Waals surface area contributed by atoms with E-state index in [0.29, 0.717) is 5.92 Å². The van der Waals surface area contributed by atoms with Crippen LogP contribution in [0.4, 0.5) is 0 Å². The highest BCUT2D eigenvalue weighted by Gasteiger charge is 2.30. The molecule has 2 aliphatic rings. The van der Waals surface area contributed by atoms with Crippen LogP contribution in [0.2, 0.25) is 0 Å². The molecule has 0 amide bonds.